The molecule has 2 aliphatic carbocycles. The maximum atomic E-state index is 12.9. The van der Waals surface area contributed by atoms with Gasteiger partial charge in [-0.25, -0.2) is 4.79 Å². The monoisotopic (exact) mass is 389 g/mol. The summed E-state index contributed by atoms with van der Waals surface area (Å²) < 4.78 is 5.17. The van der Waals surface area contributed by atoms with Crippen LogP contribution in [0.3, 0.4) is 0 Å². The fourth-order valence-electron chi connectivity index (χ4n) is 6.56. The van der Waals surface area contributed by atoms with Gasteiger partial charge in [-0.15, -0.1) is 0 Å². The lowest BCUT2D eigenvalue weighted by molar-refractivity contribution is -0.133. The maximum absolute atomic E-state index is 12.9. The van der Waals surface area contributed by atoms with E-state index in [1.54, 1.807) is 0 Å². The molecule has 5 fully saturated rings. The summed E-state index contributed by atoms with van der Waals surface area (Å²) in [6.45, 7) is 8.27. The van der Waals surface area contributed by atoms with Crippen molar-refractivity contribution in [2.75, 3.05) is 45.9 Å². The number of rotatable bonds is 3. The number of piperidine rings is 1. The third-order valence-electron chi connectivity index (χ3n) is 8.24. The number of carbonyl (C=O) groups is 2. The zero-order valence-corrected chi connectivity index (χ0v) is 17.3. The normalized spacial score (nSPS) is 40.2. The minimum Gasteiger partial charge on any atom is -0.450 e. The van der Waals surface area contributed by atoms with Crippen molar-refractivity contribution in [3.63, 3.8) is 0 Å². The van der Waals surface area contributed by atoms with Crippen molar-refractivity contribution < 1.29 is 14.3 Å². The molecule has 0 N–H and O–H groups in total. The van der Waals surface area contributed by atoms with Crippen LogP contribution >= 0.6 is 0 Å². The van der Waals surface area contributed by atoms with Gasteiger partial charge in [-0.1, -0.05) is 12.8 Å². The highest BCUT2D eigenvalue weighted by Crippen LogP contribution is 2.57. The second kappa shape index (κ2) is 7.19. The highest BCUT2D eigenvalue weighted by Gasteiger charge is 2.62. The zero-order chi connectivity index (χ0) is 19.3. The number of fused-ring (bicyclic) bond motifs is 1. The molecule has 2 amide bonds. The maximum Gasteiger partial charge on any atom is 0.409 e. The number of nitrogens with zero attached hydrogens (tertiary/aromatic N) is 3. The molecule has 6 nitrogen and oxygen atoms in total. The zero-order valence-electron chi connectivity index (χ0n) is 17.3. The summed E-state index contributed by atoms with van der Waals surface area (Å²) >= 11 is 0. The van der Waals surface area contributed by atoms with Crippen molar-refractivity contribution in [1.82, 2.24) is 14.7 Å². The summed E-state index contributed by atoms with van der Waals surface area (Å²) in [5.74, 6) is 2.02. The van der Waals surface area contributed by atoms with Crippen molar-refractivity contribution in [2.45, 2.75) is 57.9 Å². The molecule has 1 spiro atoms. The number of amides is 2. The van der Waals surface area contributed by atoms with E-state index in [-0.39, 0.29) is 6.09 Å². The van der Waals surface area contributed by atoms with E-state index < -0.39 is 0 Å². The Morgan fingerprint density at radius 3 is 2.29 bits per heavy atom. The number of likely N-dealkylation sites (tertiary alicyclic amines) is 3. The topological polar surface area (TPSA) is 53.1 Å². The molecule has 0 aromatic carbocycles. The van der Waals surface area contributed by atoms with Crippen LogP contribution in [-0.4, -0.2) is 78.6 Å². The summed E-state index contributed by atoms with van der Waals surface area (Å²) in [4.78, 5) is 31.6. The third-order valence-corrected chi connectivity index (χ3v) is 8.24. The van der Waals surface area contributed by atoms with E-state index in [1.165, 1.54) is 38.5 Å². The van der Waals surface area contributed by atoms with Crippen LogP contribution in [0.25, 0.3) is 0 Å². The lowest BCUT2D eigenvalue weighted by atomic mass is 9.64. The Balaban J connectivity index is 1.08. The van der Waals surface area contributed by atoms with Crippen molar-refractivity contribution in [3.05, 3.63) is 0 Å². The minimum atomic E-state index is -0.139. The quantitative estimate of drug-likeness (QED) is 0.744. The molecule has 3 heterocycles. The molecule has 156 valence electrons. The molecule has 5 aliphatic rings. The molecule has 3 aliphatic heterocycles. The van der Waals surface area contributed by atoms with Crippen LogP contribution < -0.4 is 0 Å². The smallest absolute Gasteiger partial charge is 0.409 e. The molecule has 0 bridgehead atoms. The van der Waals surface area contributed by atoms with Crippen molar-refractivity contribution in [3.8, 4) is 0 Å². The van der Waals surface area contributed by atoms with E-state index in [4.69, 9.17) is 4.74 Å². The van der Waals surface area contributed by atoms with Crippen LogP contribution in [0.2, 0.25) is 0 Å². The molecule has 6 heteroatoms. The Hall–Kier alpha value is -1.30. The van der Waals surface area contributed by atoms with Gasteiger partial charge < -0.3 is 14.5 Å². The van der Waals surface area contributed by atoms with Crippen LogP contribution in [0.5, 0.6) is 0 Å². The third kappa shape index (κ3) is 3.21. The Bertz CT molecular complexity index is 613. The van der Waals surface area contributed by atoms with Gasteiger partial charge in [-0.2, -0.15) is 0 Å². The first-order chi connectivity index (χ1) is 13.6. The van der Waals surface area contributed by atoms with Gasteiger partial charge in [0.05, 0.1) is 6.61 Å². The standard InChI is InChI=1S/C22H35N3O3/c1-2-28-21(27)24-10-7-22(15-24)11-16(12-22)25-13-17-18(14-25)19(17)20(26)23-8-5-3-4-6-9-23/h16-19H,2-15H2,1H3. The lowest BCUT2D eigenvalue weighted by Crippen LogP contribution is -2.52. The van der Waals surface area contributed by atoms with Crippen molar-refractivity contribution >= 4 is 12.0 Å². The van der Waals surface area contributed by atoms with E-state index in [0.29, 0.717) is 41.7 Å². The molecule has 5 rings (SSSR count). The highest BCUT2D eigenvalue weighted by atomic mass is 16.6. The van der Waals surface area contributed by atoms with Crippen LogP contribution in [-0.2, 0) is 9.53 Å². The summed E-state index contributed by atoms with van der Waals surface area (Å²) in [5.41, 5.74) is 0.339. The largest absolute Gasteiger partial charge is 0.450 e. The average Bonchev–Trinajstić information content (AvgIpc) is 2.99. The van der Waals surface area contributed by atoms with Crippen LogP contribution in [0.4, 0.5) is 4.79 Å². The van der Waals surface area contributed by atoms with Gasteiger partial charge in [0.2, 0.25) is 5.91 Å². The van der Waals surface area contributed by atoms with Gasteiger partial charge in [0.25, 0.3) is 0 Å². The van der Waals surface area contributed by atoms with Gasteiger partial charge in [0.15, 0.2) is 0 Å². The van der Waals surface area contributed by atoms with Crippen LogP contribution in [0, 0.1) is 23.2 Å². The summed E-state index contributed by atoms with van der Waals surface area (Å²) in [6, 6.07) is 0.670. The van der Waals surface area contributed by atoms with Gasteiger partial charge in [0.1, 0.15) is 0 Å². The molecule has 3 saturated heterocycles. The Morgan fingerprint density at radius 1 is 0.964 bits per heavy atom. The summed E-state index contributed by atoms with van der Waals surface area (Å²) in [5, 5.41) is 0. The molecule has 2 saturated carbocycles. The van der Waals surface area contributed by atoms with Gasteiger partial charge in [0, 0.05) is 51.2 Å². The Morgan fingerprint density at radius 2 is 1.64 bits per heavy atom. The molecular weight excluding hydrogens is 354 g/mol. The molecule has 0 aromatic rings. The Labute approximate surface area is 168 Å². The number of ether oxygens (including phenoxy) is 1. The van der Waals surface area contributed by atoms with E-state index >= 15 is 0 Å². The molecular formula is C22H35N3O3. The van der Waals surface area contributed by atoms with Crippen LogP contribution in [0.1, 0.15) is 51.9 Å². The number of carbonyl (C=O) groups excluding carboxylic acids is 2. The molecule has 2 unspecified atom stereocenters. The molecule has 28 heavy (non-hydrogen) atoms. The molecule has 0 aromatic heterocycles. The van der Waals surface area contributed by atoms with E-state index in [0.717, 1.165) is 45.7 Å². The van der Waals surface area contributed by atoms with Crippen LogP contribution in [0.15, 0.2) is 0 Å². The first-order valence-corrected chi connectivity index (χ1v) is 11.5. The van der Waals surface area contributed by atoms with E-state index in [2.05, 4.69) is 9.80 Å². The average molecular weight is 390 g/mol. The first-order valence-electron chi connectivity index (χ1n) is 11.5. The second-order valence-corrected chi connectivity index (χ2v) is 9.98. The highest BCUT2D eigenvalue weighted by molar-refractivity contribution is 5.82. The van der Waals surface area contributed by atoms with Gasteiger partial charge in [-0.3, -0.25) is 9.69 Å². The fraction of sp³-hybridized carbons (Fsp3) is 0.909. The first kappa shape index (κ1) is 18.7. The van der Waals surface area contributed by atoms with Crippen molar-refractivity contribution in [2.24, 2.45) is 23.2 Å². The van der Waals surface area contributed by atoms with E-state index in [1.807, 2.05) is 11.8 Å². The minimum absolute atomic E-state index is 0.139. The fourth-order valence-corrected chi connectivity index (χ4v) is 6.56. The second-order valence-electron chi connectivity index (χ2n) is 9.98. The predicted molar refractivity (Wildman–Crippen MR) is 106 cm³/mol. The van der Waals surface area contributed by atoms with E-state index in [9.17, 15) is 9.59 Å². The lowest BCUT2D eigenvalue weighted by Gasteiger charge is -2.49. The van der Waals surface area contributed by atoms with Gasteiger partial charge >= 0.3 is 6.09 Å². The molecule has 0 radical (unpaired) electrons. The summed E-state index contributed by atoms with van der Waals surface area (Å²) in [6.07, 6.45) is 8.36. The molecule has 2 atom stereocenters. The number of hydrogen-bond donors (Lipinski definition) is 0. The predicted octanol–water partition coefficient (Wildman–Crippen LogP) is 2.58. The number of hydrogen-bond acceptors (Lipinski definition) is 4. The SMILES string of the molecule is CCOC(=O)N1CCC2(CC(N3CC4C(C3)C4C(=O)N3CCCCCC3)C2)C1. The Kier molecular flexibility index (Phi) is 4.80. The van der Waals surface area contributed by atoms with Crippen molar-refractivity contribution in [1.29, 1.82) is 0 Å². The van der Waals surface area contributed by atoms with Gasteiger partial charge in [-0.05, 0) is 56.3 Å². The summed E-state index contributed by atoms with van der Waals surface area (Å²) in [7, 11) is 0.